The van der Waals surface area contributed by atoms with Crippen molar-refractivity contribution in [2.75, 3.05) is 13.1 Å². The zero-order valence-corrected chi connectivity index (χ0v) is 13.2. The van der Waals surface area contributed by atoms with Crippen molar-refractivity contribution in [3.05, 3.63) is 60.2 Å². The van der Waals surface area contributed by atoms with Crippen molar-refractivity contribution in [3.8, 4) is 11.1 Å². The van der Waals surface area contributed by atoms with Crippen LogP contribution in [0.3, 0.4) is 0 Å². The Morgan fingerprint density at radius 3 is 1.96 bits per heavy atom. The minimum atomic E-state index is -1.71. The number of hydrogen-bond acceptors (Lipinski definition) is 3. The molecule has 1 saturated heterocycles. The number of aliphatic carboxylic acids is 1. The lowest BCUT2D eigenvalue weighted by Crippen LogP contribution is -2.50. The summed E-state index contributed by atoms with van der Waals surface area (Å²) in [5.74, 6) is -1.36. The highest BCUT2D eigenvalue weighted by Gasteiger charge is 2.40. The van der Waals surface area contributed by atoms with Crippen molar-refractivity contribution in [3.63, 3.8) is 0 Å². The molecule has 2 N–H and O–H groups in total. The highest BCUT2D eigenvalue weighted by atomic mass is 16.4. The van der Waals surface area contributed by atoms with Crippen LogP contribution in [0.15, 0.2) is 54.6 Å². The van der Waals surface area contributed by atoms with Gasteiger partial charge >= 0.3 is 5.97 Å². The van der Waals surface area contributed by atoms with Crippen LogP contribution in [0.5, 0.6) is 0 Å². The fourth-order valence-corrected chi connectivity index (χ4v) is 2.91. The largest absolute Gasteiger partial charge is 0.479 e. The van der Waals surface area contributed by atoms with Crippen LogP contribution in [0.25, 0.3) is 11.1 Å². The van der Waals surface area contributed by atoms with Gasteiger partial charge in [0.15, 0.2) is 5.60 Å². The van der Waals surface area contributed by atoms with Crippen molar-refractivity contribution in [1.29, 1.82) is 0 Å². The van der Waals surface area contributed by atoms with E-state index in [0.29, 0.717) is 5.56 Å². The van der Waals surface area contributed by atoms with Crippen molar-refractivity contribution in [2.45, 2.75) is 18.4 Å². The fraction of sp³-hybridized carbons (Fsp3) is 0.263. The molecule has 24 heavy (non-hydrogen) atoms. The minimum absolute atomic E-state index is 0.0518. The van der Waals surface area contributed by atoms with Gasteiger partial charge in [-0.15, -0.1) is 0 Å². The van der Waals surface area contributed by atoms with Crippen LogP contribution < -0.4 is 0 Å². The molecular weight excluding hydrogens is 306 g/mol. The number of amides is 1. The lowest BCUT2D eigenvalue weighted by Gasteiger charge is -2.35. The number of benzene rings is 2. The Morgan fingerprint density at radius 2 is 1.42 bits per heavy atom. The molecule has 1 amide bonds. The zero-order valence-electron chi connectivity index (χ0n) is 13.2. The maximum Gasteiger partial charge on any atom is 0.335 e. The van der Waals surface area contributed by atoms with Gasteiger partial charge in [0.2, 0.25) is 0 Å². The summed E-state index contributed by atoms with van der Waals surface area (Å²) in [6.45, 7) is 0.476. The van der Waals surface area contributed by atoms with Gasteiger partial charge in [-0.3, -0.25) is 4.79 Å². The number of rotatable bonds is 3. The number of carbonyl (C=O) groups excluding carboxylic acids is 1. The lowest BCUT2D eigenvalue weighted by atomic mass is 9.91. The summed E-state index contributed by atoms with van der Waals surface area (Å²) in [5.41, 5.74) is 0.969. The molecule has 5 heteroatoms. The van der Waals surface area contributed by atoms with Crippen molar-refractivity contribution < 1.29 is 19.8 Å². The number of carboxylic acids is 1. The molecule has 0 unspecified atom stereocenters. The van der Waals surface area contributed by atoms with E-state index in [4.69, 9.17) is 5.11 Å². The lowest BCUT2D eigenvalue weighted by molar-refractivity contribution is -0.162. The third-order valence-electron chi connectivity index (χ3n) is 4.51. The maximum absolute atomic E-state index is 12.5. The summed E-state index contributed by atoms with van der Waals surface area (Å²) in [5, 5.41) is 19.0. The van der Waals surface area contributed by atoms with Gasteiger partial charge in [0.1, 0.15) is 0 Å². The maximum atomic E-state index is 12.5. The number of aliphatic hydroxyl groups is 1. The third-order valence-corrected chi connectivity index (χ3v) is 4.51. The first-order valence-corrected chi connectivity index (χ1v) is 7.90. The molecule has 1 aliphatic rings. The summed E-state index contributed by atoms with van der Waals surface area (Å²) in [4.78, 5) is 25.2. The summed E-state index contributed by atoms with van der Waals surface area (Å²) in [6.07, 6.45) is 0.104. The molecule has 0 spiro atoms. The highest BCUT2D eigenvalue weighted by Crippen LogP contribution is 2.24. The van der Waals surface area contributed by atoms with E-state index in [9.17, 15) is 14.7 Å². The second kappa shape index (κ2) is 6.45. The van der Waals surface area contributed by atoms with E-state index in [1.165, 1.54) is 0 Å². The average molecular weight is 325 g/mol. The number of carbonyl (C=O) groups is 2. The summed E-state index contributed by atoms with van der Waals surface area (Å²) >= 11 is 0. The van der Waals surface area contributed by atoms with E-state index in [-0.39, 0.29) is 31.8 Å². The number of likely N-dealkylation sites (tertiary alicyclic amines) is 1. The van der Waals surface area contributed by atoms with Crippen molar-refractivity contribution in [2.24, 2.45) is 0 Å². The van der Waals surface area contributed by atoms with E-state index in [1.807, 2.05) is 42.5 Å². The van der Waals surface area contributed by atoms with E-state index in [0.717, 1.165) is 11.1 Å². The van der Waals surface area contributed by atoms with E-state index >= 15 is 0 Å². The number of piperidine rings is 1. The van der Waals surface area contributed by atoms with Gasteiger partial charge < -0.3 is 15.1 Å². The smallest absolute Gasteiger partial charge is 0.335 e. The first-order chi connectivity index (χ1) is 11.5. The molecule has 2 aromatic rings. The number of hydrogen-bond donors (Lipinski definition) is 2. The number of carboxylic acid groups (broad SMARTS) is 1. The Hall–Kier alpha value is -2.66. The molecule has 5 nitrogen and oxygen atoms in total. The Morgan fingerprint density at radius 1 is 0.875 bits per heavy atom. The summed E-state index contributed by atoms with van der Waals surface area (Å²) < 4.78 is 0. The van der Waals surface area contributed by atoms with Crippen LogP contribution in [0.2, 0.25) is 0 Å². The van der Waals surface area contributed by atoms with Gasteiger partial charge in [-0.2, -0.15) is 0 Å². The Balaban J connectivity index is 1.69. The molecule has 1 fully saturated rings. The van der Waals surface area contributed by atoms with Crippen molar-refractivity contribution in [1.82, 2.24) is 4.90 Å². The Labute approximate surface area is 140 Å². The Bertz CT molecular complexity index is 732. The van der Waals surface area contributed by atoms with Gasteiger partial charge in [-0.1, -0.05) is 42.5 Å². The van der Waals surface area contributed by atoms with Gasteiger partial charge in [-0.25, -0.2) is 4.79 Å². The number of nitrogens with zero attached hydrogens (tertiary/aromatic N) is 1. The van der Waals surface area contributed by atoms with E-state index in [2.05, 4.69) is 0 Å². The van der Waals surface area contributed by atoms with E-state index in [1.54, 1.807) is 17.0 Å². The van der Waals surface area contributed by atoms with Gasteiger partial charge in [0, 0.05) is 31.5 Å². The van der Waals surface area contributed by atoms with Crippen LogP contribution in [0, 0.1) is 0 Å². The predicted octanol–water partition coefficient (Wildman–Crippen LogP) is 2.41. The SMILES string of the molecule is O=C(c1ccc(-c2ccccc2)cc1)N1CCC(O)(C(=O)O)CC1. The van der Waals surface area contributed by atoms with Gasteiger partial charge in [0.05, 0.1) is 0 Å². The van der Waals surface area contributed by atoms with Crippen LogP contribution in [0.4, 0.5) is 0 Å². The average Bonchev–Trinajstić information content (AvgIpc) is 2.62. The Kier molecular flexibility index (Phi) is 4.36. The first-order valence-electron chi connectivity index (χ1n) is 7.90. The fourth-order valence-electron chi connectivity index (χ4n) is 2.91. The standard InChI is InChI=1S/C19H19NO4/c21-17(20-12-10-19(24,11-13-20)18(22)23)16-8-6-15(7-9-16)14-4-2-1-3-5-14/h1-9,24H,10-13H2,(H,22,23). The molecule has 0 radical (unpaired) electrons. The molecule has 1 aliphatic heterocycles. The van der Waals surface area contributed by atoms with Crippen LogP contribution in [-0.2, 0) is 4.79 Å². The predicted molar refractivity (Wildman–Crippen MR) is 89.6 cm³/mol. The monoisotopic (exact) mass is 325 g/mol. The molecule has 124 valence electrons. The molecule has 0 bridgehead atoms. The quantitative estimate of drug-likeness (QED) is 0.908. The third kappa shape index (κ3) is 3.16. The molecule has 3 rings (SSSR count). The second-order valence-electron chi connectivity index (χ2n) is 6.07. The van der Waals surface area contributed by atoms with Gasteiger partial charge in [-0.05, 0) is 23.3 Å². The van der Waals surface area contributed by atoms with Crippen LogP contribution in [0.1, 0.15) is 23.2 Å². The summed E-state index contributed by atoms with van der Waals surface area (Å²) in [6, 6.07) is 17.3. The first kappa shape index (κ1) is 16.2. The topological polar surface area (TPSA) is 77.8 Å². The molecule has 2 aromatic carbocycles. The van der Waals surface area contributed by atoms with Crippen molar-refractivity contribution >= 4 is 11.9 Å². The summed E-state index contributed by atoms with van der Waals surface area (Å²) in [7, 11) is 0. The van der Waals surface area contributed by atoms with Crippen LogP contribution in [-0.4, -0.2) is 45.7 Å². The van der Waals surface area contributed by atoms with Gasteiger partial charge in [0.25, 0.3) is 5.91 Å². The minimum Gasteiger partial charge on any atom is -0.479 e. The molecule has 1 heterocycles. The molecule has 0 aromatic heterocycles. The molecule has 0 aliphatic carbocycles. The van der Waals surface area contributed by atoms with E-state index < -0.39 is 11.6 Å². The molecule has 0 saturated carbocycles. The normalized spacial score (nSPS) is 16.6. The molecule has 0 atom stereocenters. The molecular formula is C19H19NO4. The second-order valence-corrected chi connectivity index (χ2v) is 6.07. The highest BCUT2D eigenvalue weighted by molar-refractivity contribution is 5.95. The zero-order chi connectivity index (χ0) is 17.2. The van der Waals surface area contributed by atoms with Crippen LogP contribution >= 0.6 is 0 Å².